The van der Waals surface area contributed by atoms with Crippen molar-refractivity contribution in [1.82, 2.24) is 15.0 Å². The van der Waals surface area contributed by atoms with Gasteiger partial charge in [0.05, 0.1) is 10.9 Å². The van der Waals surface area contributed by atoms with Crippen LogP contribution in [0.25, 0.3) is 32.7 Å². The number of hydrogen-bond donors (Lipinski definition) is 4. The minimum absolute atomic E-state index is 0.121. The number of H-pyrrole nitrogens is 3. The lowest BCUT2D eigenvalue weighted by Gasteiger charge is -2.10. The average Bonchev–Trinajstić information content (AvgIpc) is 3.47. The topological polar surface area (TPSA) is 86.1 Å². The SMILES string of the molecule is Oc1cccc2[nH]c(Oc3ccc4[nH]ccc4c3)c(Oc3ccc4cc[nH]c4c3)c12. The van der Waals surface area contributed by atoms with E-state index in [2.05, 4.69) is 15.0 Å². The van der Waals surface area contributed by atoms with E-state index in [4.69, 9.17) is 9.47 Å². The van der Waals surface area contributed by atoms with E-state index in [1.165, 1.54) is 0 Å². The van der Waals surface area contributed by atoms with Gasteiger partial charge in [-0.25, -0.2) is 0 Å². The van der Waals surface area contributed by atoms with E-state index in [1.54, 1.807) is 12.1 Å². The van der Waals surface area contributed by atoms with Gasteiger partial charge in [-0.05, 0) is 60.0 Å². The van der Waals surface area contributed by atoms with Gasteiger partial charge >= 0.3 is 0 Å². The molecule has 3 heterocycles. The van der Waals surface area contributed by atoms with Gasteiger partial charge in [-0.2, -0.15) is 0 Å². The molecule has 0 aliphatic carbocycles. The van der Waals surface area contributed by atoms with E-state index < -0.39 is 0 Å². The molecule has 3 aromatic heterocycles. The Kier molecular flexibility index (Phi) is 3.52. The molecule has 0 bridgehead atoms. The Morgan fingerprint density at radius 1 is 0.667 bits per heavy atom. The summed E-state index contributed by atoms with van der Waals surface area (Å²) >= 11 is 0. The normalized spacial score (nSPS) is 11.5. The number of aromatic nitrogens is 3. The van der Waals surface area contributed by atoms with Crippen LogP contribution >= 0.6 is 0 Å². The Balaban J connectivity index is 1.46. The van der Waals surface area contributed by atoms with Crippen molar-refractivity contribution in [2.45, 2.75) is 0 Å². The third-order valence-corrected chi connectivity index (χ3v) is 5.22. The summed E-state index contributed by atoms with van der Waals surface area (Å²) in [5.41, 5.74) is 2.73. The number of benzene rings is 3. The molecule has 0 saturated heterocycles. The van der Waals surface area contributed by atoms with Gasteiger partial charge in [0.25, 0.3) is 0 Å². The average molecular weight is 395 g/mol. The minimum Gasteiger partial charge on any atom is -0.507 e. The van der Waals surface area contributed by atoms with Crippen LogP contribution in [0.4, 0.5) is 0 Å². The van der Waals surface area contributed by atoms with Crippen LogP contribution in [0.2, 0.25) is 0 Å². The second-order valence-corrected chi connectivity index (χ2v) is 7.14. The molecule has 3 aromatic carbocycles. The zero-order chi connectivity index (χ0) is 20.1. The summed E-state index contributed by atoms with van der Waals surface area (Å²) in [5.74, 6) is 2.28. The fourth-order valence-electron chi connectivity index (χ4n) is 3.77. The van der Waals surface area contributed by atoms with Crippen molar-refractivity contribution in [3.63, 3.8) is 0 Å². The molecule has 146 valence electrons. The van der Waals surface area contributed by atoms with Crippen LogP contribution in [0.5, 0.6) is 28.9 Å². The molecule has 6 nitrogen and oxygen atoms in total. The largest absolute Gasteiger partial charge is 0.507 e. The molecular formula is C24H17N3O3. The number of phenols is 1. The highest BCUT2D eigenvalue weighted by Crippen LogP contribution is 2.45. The number of aromatic amines is 3. The van der Waals surface area contributed by atoms with Gasteiger partial charge in [-0.15, -0.1) is 0 Å². The smallest absolute Gasteiger partial charge is 0.242 e. The second kappa shape index (κ2) is 6.35. The van der Waals surface area contributed by atoms with Crippen molar-refractivity contribution in [1.29, 1.82) is 0 Å². The highest BCUT2D eigenvalue weighted by molar-refractivity contribution is 5.95. The van der Waals surface area contributed by atoms with Gasteiger partial charge in [0.1, 0.15) is 17.2 Å². The maximum Gasteiger partial charge on any atom is 0.242 e. The van der Waals surface area contributed by atoms with Crippen molar-refractivity contribution in [3.05, 3.63) is 79.1 Å². The van der Waals surface area contributed by atoms with E-state index in [-0.39, 0.29) is 5.75 Å². The van der Waals surface area contributed by atoms with Gasteiger partial charge in [0.2, 0.25) is 11.6 Å². The first kappa shape index (κ1) is 16.6. The van der Waals surface area contributed by atoms with Crippen molar-refractivity contribution in [2.75, 3.05) is 0 Å². The third-order valence-electron chi connectivity index (χ3n) is 5.22. The summed E-state index contributed by atoms with van der Waals surface area (Å²) in [4.78, 5) is 9.58. The Morgan fingerprint density at radius 2 is 1.47 bits per heavy atom. The van der Waals surface area contributed by atoms with Crippen LogP contribution < -0.4 is 9.47 Å². The van der Waals surface area contributed by atoms with Crippen molar-refractivity contribution >= 4 is 32.7 Å². The molecule has 6 aromatic rings. The van der Waals surface area contributed by atoms with Gasteiger partial charge in [0.15, 0.2) is 0 Å². The van der Waals surface area contributed by atoms with Crippen LogP contribution in [0.3, 0.4) is 0 Å². The molecule has 6 heteroatoms. The second-order valence-electron chi connectivity index (χ2n) is 7.14. The molecule has 0 unspecified atom stereocenters. The van der Waals surface area contributed by atoms with E-state index >= 15 is 0 Å². The number of hydrogen-bond acceptors (Lipinski definition) is 3. The molecule has 4 N–H and O–H groups in total. The molecule has 30 heavy (non-hydrogen) atoms. The maximum atomic E-state index is 10.5. The highest BCUT2D eigenvalue weighted by atomic mass is 16.5. The lowest BCUT2D eigenvalue weighted by Crippen LogP contribution is -1.89. The van der Waals surface area contributed by atoms with E-state index in [0.29, 0.717) is 28.5 Å². The molecule has 0 amide bonds. The van der Waals surface area contributed by atoms with Gasteiger partial charge in [-0.1, -0.05) is 6.07 Å². The third kappa shape index (κ3) is 2.66. The van der Waals surface area contributed by atoms with Crippen LogP contribution in [0.15, 0.2) is 79.1 Å². The summed E-state index contributed by atoms with van der Waals surface area (Å²) in [7, 11) is 0. The molecule has 6 rings (SSSR count). The van der Waals surface area contributed by atoms with Gasteiger partial charge in [0, 0.05) is 34.9 Å². The maximum absolute atomic E-state index is 10.5. The predicted octanol–water partition coefficient (Wildman–Crippen LogP) is 6.42. The van der Waals surface area contributed by atoms with E-state index in [0.717, 1.165) is 27.3 Å². The molecule has 0 spiro atoms. The number of nitrogens with one attached hydrogen (secondary N) is 3. The zero-order valence-electron chi connectivity index (χ0n) is 15.8. The van der Waals surface area contributed by atoms with Crippen LogP contribution in [-0.4, -0.2) is 20.1 Å². The Labute approximate surface area is 170 Å². The monoisotopic (exact) mass is 395 g/mol. The lowest BCUT2D eigenvalue weighted by atomic mass is 10.2. The zero-order valence-corrected chi connectivity index (χ0v) is 15.8. The number of fused-ring (bicyclic) bond motifs is 3. The highest BCUT2D eigenvalue weighted by Gasteiger charge is 2.19. The molecular weight excluding hydrogens is 378 g/mol. The molecule has 0 fully saturated rings. The minimum atomic E-state index is 0.121. The van der Waals surface area contributed by atoms with Gasteiger partial charge < -0.3 is 29.5 Å². The van der Waals surface area contributed by atoms with Crippen molar-refractivity contribution in [2.24, 2.45) is 0 Å². The first-order valence-electron chi connectivity index (χ1n) is 9.58. The Bertz CT molecular complexity index is 1520. The standard InChI is InChI=1S/C24H17N3O3/c28-21-3-1-2-19-22(21)23(29-17-5-4-14-8-10-26-20(14)13-17)24(27-19)30-16-6-7-18-15(12-16)9-11-25-18/h1-13,25-28H. The number of ether oxygens (including phenoxy) is 2. The molecule has 0 aliphatic heterocycles. The van der Waals surface area contributed by atoms with Crippen molar-refractivity contribution < 1.29 is 14.6 Å². The summed E-state index contributed by atoms with van der Waals surface area (Å²) < 4.78 is 12.4. The van der Waals surface area contributed by atoms with E-state index in [9.17, 15) is 5.11 Å². The quantitative estimate of drug-likeness (QED) is 0.278. The first-order valence-corrected chi connectivity index (χ1v) is 9.58. The predicted molar refractivity (Wildman–Crippen MR) is 117 cm³/mol. The van der Waals surface area contributed by atoms with Crippen LogP contribution in [-0.2, 0) is 0 Å². The fraction of sp³-hybridized carbons (Fsp3) is 0. The van der Waals surface area contributed by atoms with E-state index in [1.807, 2.05) is 67.0 Å². The molecule has 0 atom stereocenters. The summed E-state index contributed by atoms with van der Waals surface area (Å²) in [6, 6.07) is 20.9. The molecule has 0 saturated carbocycles. The number of phenolic OH excluding ortho intramolecular Hbond substituents is 1. The molecule has 0 radical (unpaired) electrons. The lowest BCUT2D eigenvalue weighted by molar-refractivity contribution is 0.412. The first-order chi connectivity index (χ1) is 14.7. The van der Waals surface area contributed by atoms with Crippen LogP contribution in [0, 0.1) is 0 Å². The van der Waals surface area contributed by atoms with Crippen molar-refractivity contribution in [3.8, 4) is 28.9 Å². The fourth-order valence-corrected chi connectivity index (χ4v) is 3.77. The summed E-state index contributed by atoms with van der Waals surface area (Å²) in [5, 5.41) is 13.2. The summed E-state index contributed by atoms with van der Waals surface area (Å²) in [6.45, 7) is 0. The number of rotatable bonds is 4. The van der Waals surface area contributed by atoms with Gasteiger partial charge in [-0.3, -0.25) is 0 Å². The Hall–Kier alpha value is -4.32. The Morgan fingerprint density at radius 3 is 2.40 bits per heavy atom. The molecule has 0 aliphatic rings. The summed E-state index contributed by atoms with van der Waals surface area (Å²) in [6.07, 6.45) is 3.78. The van der Waals surface area contributed by atoms with Crippen LogP contribution in [0.1, 0.15) is 0 Å². The number of aromatic hydroxyl groups is 1.